The smallest absolute Gasteiger partial charge is 0.193 e. The number of nitrogens with zero attached hydrogens (tertiary/aromatic N) is 3. The van der Waals surface area contributed by atoms with Gasteiger partial charge < -0.3 is 14.7 Å². The van der Waals surface area contributed by atoms with Crippen LogP contribution in [0.3, 0.4) is 0 Å². The Hall–Kier alpha value is -0.800. The van der Waals surface area contributed by atoms with Crippen LogP contribution in [-0.2, 0) is 13.0 Å². The molecule has 2 rings (SSSR count). The minimum absolute atomic E-state index is 0. The molecule has 5 nitrogen and oxygen atoms in total. The van der Waals surface area contributed by atoms with E-state index in [0.717, 1.165) is 46.8 Å². The lowest BCUT2D eigenvalue weighted by molar-refractivity contribution is 0.392. The van der Waals surface area contributed by atoms with E-state index >= 15 is 0 Å². The molecule has 0 saturated heterocycles. The van der Waals surface area contributed by atoms with E-state index in [9.17, 15) is 0 Å². The van der Waals surface area contributed by atoms with Crippen LogP contribution >= 0.6 is 46.9 Å². The molecule has 2 aromatic heterocycles. The van der Waals surface area contributed by atoms with E-state index < -0.39 is 0 Å². The lowest BCUT2D eigenvalue weighted by atomic mass is 10.1. The van der Waals surface area contributed by atoms with Gasteiger partial charge >= 0.3 is 0 Å². The molecule has 0 saturated carbocycles. The summed E-state index contributed by atoms with van der Waals surface area (Å²) in [5.41, 5.74) is 2.12. The summed E-state index contributed by atoms with van der Waals surface area (Å²) in [5.74, 6) is 1.74. The van der Waals surface area contributed by atoms with Gasteiger partial charge in [0.1, 0.15) is 5.76 Å². The molecular weight excluding hydrogens is 447 g/mol. The first-order chi connectivity index (χ1) is 10.5. The van der Waals surface area contributed by atoms with Crippen molar-refractivity contribution >= 4 is 52.9 Å². The second-order valence-corrected chi connectivity index (χ2v) is 6.89. The Morgan fingerprint density at radius 1 is 1.43 bits per heavy atom. The molecule has 0 unspecified atom stereocenters. The monoisotopic (exact) mass is 468 g/mol. The highest BCUT2D eigenvalue weighted by atomic mass is 127. The first kappa shape index (κ1) is 20.2. The van der Waals surface area contributed by atoms with Crippen LogP contribution in [0.1, 0.15) is 21.9 Å². The molecule has 0 aliphatic carbocycles. The van der Waals surface area contributed by atoms with Gasteiger partial charge in [0.2, 0.25) is 0 Å². The highest BCUT2D eigenvalue weighted by Crippen LogP contribution is 2.22. The lowest BCUT2D eigenvalue weighted by Gasteiger charge is -2.21. The molecule has 8 heteroatoms. The molecule has 0 amide bonds. The molecule has 2 heterocycles. The maximum absolute atomic E-state index is 5.97. The third kappa shape index (κ3) is 5.65. The fraction of sp³-hybridized carbons (Fsp3) is 0.467. The van der Waals surface area contributed by atoms with Crippen molar-refractivity contribution in [2.45, 2.75) is 26.8 Å². The Labute approximate surface area is 163 Å². The van der Waals surface area contributed by atoms with E-state index in [-0.39, 0.29) is 24.0 Å². The number of aryl methyl sites for hydroxylation is 2. The molecule has 2 aromatic rings. The van der Waals surface area contributed by atoms with Gasteiger partial charge in [0.05, 0.1) is 16.6 Å². The van der Waals surface area contributed by atoms with Crippen molar-refractivity contribution in [1.29, 1.82) is 0 Å². The summed E-state index contributed by atoms with van der Waals surface area (Å²) < 4.78 is 5.99. The van der Waals surface area contributed by atoms with Crippen LogP contribution in [0.15, 0.2) is 21.6 Å². The van der Waals surface area contributed by atoms with Gasteiger partial charge in [-0.15, -0.1) is 35.3 Å². The summed E-state index contributed by atoms with van der Waals surface area (Å²) in [6.45, 7) is 5.47. The van der Waals surface area contributed by atoms with E-state index in [4.69, 9.17) is 16.1 Å². The summed E-state index contributed by atoms with van der Waals surface area (Å²) in [4.78, 5) is 7.61. The zero-order valence-corrected chi connectivity index (χ0v) is 17.6. The first-order valence-corrected chi connectivity index (χ1v) is 8.28. The number of hydrogen-bond donors (Lipinski definition) is 1. The van der Waals surface area contributed by atoms with Crippen molar-refractivity contribution in [3.8, 4) is 0 Å². The largest absolute Gasteiger partial charge is 0.361 e. The average molecular weight is 469 g/mol. The van der Waals surface area contributed by atoms with Crippen LogP contribution in [0.25, 0.3) is 0 Å². The van der Waals surface area contributed by atoms with Gasteiger partial charge in [-0.2, -0.15) is 0 Å². The Bertz CT molecular complexity index is 636. The molecule has 0 aromatic carbocycles. The minimum Gasteiger partial charge on any atom is -0.361 e. The topological polar surface area (TPSA) is 53.7 Å². The number of aliphatic imine (C=N–C) groups is 1. The predicted octanol–water partition coefficient (Wildman–Crippen LogP) is 3.87. The van der Waals surface area contributed by atoms with Crippen LogP contribution in [0, 0.1) is 13.8 Å². The van der Waals surface area contributed by atoms with Gasteiger partial charge in [0.15, 0.2) is 5.96 Å². The van der Waals surface area contributed by atoms with Crippen molar-refractivity contribution in [2.24, 2.45) is 4.99 Å². The highest BCUT2D eigenvalue weighted by molar-refractivity contribution is 14.0. The maximum atomic E-state index is 5.97. The number of thiophene rings is 1. The maximum Gasteiger partial charge on any atom is 0.193 e. The van der Waals surface area contributed by atoms with Gasteiger partial charge in [0.25, 0.3) is 0 Å². The number of aromatic nitrogens is 1. The molecule has 128 valence electrons. The zero-order valence-electron chi connectivity index (χ0n) is 13.7. The van der Waals surface area contributed by atoms with Crippen LogP contribution in [0.5, 0.6) is 0 Å². The molecule has 23 heavy (non-hydrogen) atoms. The number of guanidine groups is 1. The van der Waals surface area contributed by atoms with Crippen molar-refractivity contribution < 1.29 is 4.52 Å². The van der Waals surface area contributed by atoms with Gasteiger partial charge in [-0.1, -0.05) is 16.8 Å². The molecule has 0 fully saturated rings. The van der Waals surface area contributed by atoms with E-state index in [2.05, 4.69) is 20.4 Å². The number of rotatable bonds is 5. The number of nitrogens with one attached hydrogen (secondary N) is 1. The molecule has 0 radical (unpaired) electrons. The molecule has 0 spiro atoms. The molecule has 0 aliphatic rings. The minimum atomic E-state index is 0. The van der Waals surface area contributed by atoms with Gasteiger partial charge in [-0.25, -0.2) is 0 Å². The molecule has 0 atom stereocenters. The summed E-state index contributed by atoms with van der Waals surface area (Å²) in [6.07, 6.45) is 0.860. The molecule has 0 aliphatic heterocycles. The van der Waals surface area contributed by atoms with Crippen LogP contribution < -0.4 is 5.32 Å². The van der Waals surface area contributed by atoms with Crippen LogP contribution in [-0.4, -0.2) is 36.7 Å². The van der Waals surface area contributed by atoms with E-state index in [1.807, 2.05) is 33.0 Å². The summed E-state index contributed by atoms with van der Waals surface area (Å²) in [6, 6.07) is 3.96. The normalized spacial score (nSPS) is 11.3. The van der Waals surface area contributed by atoms with E-state index in [1.54, 1.807) is 18.4 Å². The average Bonchev–Trinajstić information content (AvgIpc) is 3.02. The predicted molar refractivity (Wildman–Crippen MR) is 107 cm³/mol. The van der Waals surface area contributed by atoms with Gasteiger partial charge in [-0.05, 0) is 32.4 Å². The van der Waals surface area contributed by atoms with Gasteiger partial charge in [-0.3, -0.25) is 4.99 Å². The number of hydrogen-bond acceptors (Lipinski definition) is 4. The SMILES string of the molecule is CN=C(NCCc1c(C)noc1C)N(C)Cc1ccc(Cl)s1.I. The first-order valence-electron chi connectivity index (χ1n) is 7.09. The summed E-state index contributed by atoms with van der Waals surface area (Å²) in [5, 5.41) is 7.34. The molecule has 0 bridgehead atoms. The van der Waals surface area contributed by atoms with Crippen molar-refractivity contribution in [2.75, 3.05) is 20.6 Å². The van der Waals surface area contributed by atoms with Crippen LogP contribution in [0.2, 0.25) is 4.34 Å². The standard InChI is InChI=1S/C15H21ClN4OS.HI/c1-10-13(11(2)21-19-10)7-8-18-15(17-3)20(4)9-12-5-6-14(16)22-12;/h5-6H,7-9H2,1-4H3,(H,17,18);1H. The zero-order chi connectivity index (χ0) is 16.1. The summed E-state index contributed by atoms with van der Waals surface area (Å²) in [7, 11) is 3.80. The Morgan fingerprint density at radius 2 is 2.17 bits per heavy atom. The van der Waals surface area contributed by atoms with Crippen molar-refractivity contribution in [1.82, 2.24) is 15.4 Å². The molecular formula is C15H22ClIN4OS. The Kier molecular flexibility index (Phi) is 8.35. The fourth-order valence-corrected chi connectivity index (χ4v) is 3.43. The molecule has 1 N–H and O–H groups in total. The third-order valence-electron chi connectivity index (χ3n) is 3.43. The van der Waals surface area contributed by atoms with E-state index in [1.165, 1.54) is 4.88 Å². The second-order valence-electron chi connectivity index (χ2n) is 5.09. The van der Waals surface area contributed by atoms with Crippen molar-refractivity contribution in [3.63, 3.8) is 0 Å². The summed E-state index contributed by atoms with van der Waals surface area (Å²) >= 11 is 7.56. The second kappa shape index (κ2) is 9.48. The van der Waals surface area contributed by atoms with E-state index in [0.29, 0.717) is 0 Å². The van der Waals surface area contributed by atoms with Crippen molar-refractivity contribution in [3.05, 3.63) is 38.4 Å². The Balaban J connectivity index is 0.00000264. The fourth-order valence-electron chi connectivity index (χ4n) is 2.29. The van der Waals surface area contributed by atoms with Gasteiger partial charge in [0, 0.05) is 31.1 Å². The van der Waals surface area contributed by atoms with Crippen LogP contribution in [0.4, 0.5) is 0 Å². The highest BCUT2D eigenvalue weighted by Gasteiger charge is 2.11. The third-order valence-corrected chi connectivity index (χ3v) is 4.65. The number of halogens is 2. The lowest BCUT2D eigenvalue weighted by Crippen LogP contribution is -2.39. The quantitative estimate of drug-likeness (QED) is 0.411. The Morgan fingerprint density at radius 3 is 2.70 bits per heavy atom.